The van der Waals surface area contributed by atoms with Gasteiger partial charge in [0.2, 0.25) is 11.8 Å². The van der Waals surface area contributed by atoms with E-state index in [0.29, 0.717) is 5.69 Å². The van der Waals surface area contributed by atoms with E-state index in [1.54, 1.807) is 19.9 Å². The van der Waals surface area contributed by atoms with E-state index in [2.05, 4.69) is 5.32 Å². The summed E-state index contributed by atoms with van der Waals surface area (Å²) in [5, 5.41) is 2.93. The van der Waals surface area contributed by atoms with Crippen LogP contribution in [0.3, 0.4) is 0 Å². The lowest BCUT2D eigenvalue weighted by Crippen LogP contribution is -2.55. The van der Waals surface area contributed by atoms with Crippen molar-refractivity contribution in [1.29, 1.82) is 0 Å². The van der Waals surface area contributed by atoms with Crippen molar-refractivity contribution in [3.63, 3.8) is 0 Å². The van der Waals surface area contributed by atoms with Gasteiger partial charge >= 0.3 is 10.2 Å². The zero-order chi connectivity index (χ0) is 27.4. The number of nitrogens with one attached hydrogen (secondary N) is 1. The van der Waals surface area contributed by atoms with Crippen LogP contribution in [0.2, 0.25) is 0 Å². The summed E-state index contributed by atoms with van der Waals surface area (Å²) in [7, 11) is -1.13. The van der Waals surface area contributed by atoms with E-state index in [1.807, 2.05) is 71.0 Å². The summed E-state index contributed by atoms with van der Waals surface area (Å²) in [6.45, 7) is 12.6. The van der Waals surface area contributed by atoms with Crippen LogP contribution in [-0.4, -0.2) is 61.7 Å². The third kappa shape index (κ3) is 7.54. The molecule has 1 N–H and O–H groups in total. The maximum absolute atomic E-state index is 13.8. The molecule has 1 unspecified atom stereocenters. The van der Waals surface area contributed by atoms with E-state index in [0.717, 1.165) is 30.9 Å². The minimum atomic E-state index is -3.99. The molecule has 1 atom stereocenters. The van der Waals surface area contributed by atoms with Crippen LogP contribution in [0.4, 0.5) is 5.69 Å². The molecule has 0 radical (unpaired) electrons. The molecule has 0 aliphatic rings. The van der Waals surface area contributed by atoms with Crippen molar-refractivity contribution in [3.05, 3.63) is 64.7 Å². The third-order valence-electron chi connectivity index (χ3n) is 5.79. The second-order valence-corrected chi connectivity index (χ2v) is 12.6. The van der Waals surface area contributed by atoms with Crippen LogP contribution >= 0.6 is 0 Å². The number of hydrogen-bond donors (Lipinski definition) is 1. The molecule has 0 fully saturated rings. The Morgan fingerprint density at radius 1 is 0.944 bits per heavy atom. The van der Waals surface area contributed by atoms with Gasteiger partial charge in [-0.15, -0.1) is 0 Å². The predicted octanol–water partition coefficient (Wildman–Crippen LogP) is 3.56. The number of benzene rings is 2. The largest absolute Gasteiger partial charge is 0.350 e. The first-order valence-electron chi connectivity index (χ1n) is 12.0. The number of nitrogens with zero attached hydrogens (tertiary/aromatic N) is 3. The second-order valence-electron chi connectivity index (χ2n) is 10.5. The van der Waals surface area contributed by atoms with Crippen molar-refractivity contribution in [2.75, 3.05) is 24.9 Å². The van der Waals surface area contributed by atoms with Crippen molar-refractivity contribution in [2.24, 2.45) is 0 Å². The average molecular weight is 517 g/mol. The molecule has 8 nitrogen and oxygen atoms in total. The maximum Gasteiger partial charge on any atom is 0.304 e. The molecule has 0 aromatic heterocycles. The maximum atomic E-state index is 13.8. The van der Waals surface area contributed by atoms with Crippen LogP contribution in [0, 0.1) is 20.8 Å². The van der Waals surface area contributed by atoms with E-state index >= 15 is 0 Å². The van der Waals surface area contributed by atoms with Gasteiger partial charge in [-0.3, -0.25) is 9.59 Å². The summed E-state index contributed by atoms with van der Waals surface area (Å²) in [5.41, 5.74) is 3.47. The molecule has 0 bridgehead atoms. The molecule has 0 aliphatic carbocycles. The van der Waals surface area contributed by atoms with Crippen LogP contribution in [0.25, 0.3) is 0 Å². The number of carbonyl (C=O) groups is 2. The molecule has 2 amide bonds. The van der Waals surface area contributed by atoms with Crippen molar-refractivity contribution in [1.82, 2.24) is 14.5 Å². The number of amides is 2. The Bertz CT molecular complexity index is 1190. The van der Waals surface area contributed by atoms with Gasteiger partial charge in [0.25, 0.3) is 0 Å². The molecule has 36 heavy (non-hydrogen) atoms. The molecular formula is C27H40N4O4S. The molecule has 0 heterocycles. The Morgan fingerprint density at radius 3 is 2.03 bits per heavy atom. The first-order chi connectivity index (χ1) is 16.5. The summed E-state index contributed by atoms with van der Waals surface area (Å²) in [6, 6.07) is 12.4. The highest BCUT2D eigenvalue weighted by Crippen LogP contribution is 2.26. The van der Waals surface area contributed by atoms with Gasteiger partial charge in [-0.05, 0) is 71.2 Å². The summed E-state index contributed by atoms with van der Waals surface area (Å²) >= 11 is 0. The van der Waals surface area contributed by atoms with Gasteiger partial charge in [0.05, 0.1) is 5.69 Å². The summed E-state index contributed by atoms with van der Waals surface area (Å²) in [4.78, 5) is 28.3. The standard InChI is InChI=1S/C27H40N4O4S/c1-19-11-14-23(15-12-19)17-30(22(4)26(33)28-27(5,6)7)25(32)18-31(36(34,35)29(8)9)24-16-20(2)10-13-21(24)3/h10-16,22H,17-18H2,1-9H3,(H,28,33). The van der Waals surface area contributed by atoms with Crippen LogP contribution < -0.4 is 9.62 Å². The van der Waals surface area contributed by atoms with Gasteiger partial charge < -0.3 is 10.2 Å². The van der Waals surface area contributed by atoms with Gasteiger partial charge in [0.15, 0.2) is 0 Å². The van der Waals surface area contributed by atoms with E-state index < -0.39 is 34.2 Å². The number of anilines is 1. The molecule has 9 heteroatoms. The molecular weight excluding hydrogens is 476 g/mol. The van der Waals surface area contributed by atoms with E-state index in [9.17, 15) is 18.0 Å². The highest BCUT2D eigenvalue weighted by atomic mass is 32.2. The summed E-state index contributed by atoms with van der Waals surface area (Å²) < 4.78 is 28.9. The highest BCUT2D eigenvalue weighted by Gasteiger charge is 2.34. The van der Waals surface area contributed by atoms with Crippen LogP contribution in [0.15, 0.2) is 42.5 Å². The number of hydrogen-bond acceptors (Lipinski definition) is 4. The second kappa shape index (κ2) is 11.4. The monoisotopic (exact) mass is 516 g/mol. The Labute approximate surface area is 216 Å². The molecule has 2 rings (SSSR count). The van der Waals surface area contributed by atoms with E-state index in [4.69, 9.17) is 0 Å². The van der Waals surface area contributed by atoms with Crippen LogP contribution in [0.5, 0.6) is 0 Å². The Balaban J connectivity index is 2.51. The molecule has 2 aromatic rings. The van der Waals surface area contributed by atoms with Gasteiger partial charge in [0.1, 0.15) is 12.6 Å². The van der Waals surface area contributed by atoms with Crippen molar-refractivity contribution < 1.29 is 18.0 Å². The highest BCUT2D eigenvalue weighted by molar-refractivity contribution is 7.90. The van der Waals surface area contributed by atoms with Gasteiger partial charge in [0, 0.05) is 26.2 Å². The Morgan fingerprint density at radius 2 is 1.50 bits per heavy atom. The Kier molecular flexibility index (Phi) is 9.31. The number of carbonyl (C=O) groups excluding carboxylic acids is 2. The van der Waals surface area contributed by atoms with E-state index in [-0.39, 0.29) is 12.5 Å². The number of rotatable bonds is 9. The summed E-state index contributed by atoms with van der Waals surface area (Å²) in [5.74, 6) is -0.782. The fraction of sp³-hybridized carbons (Fsp3) is 0.481. The smallest absolute Gasteiger partial charge is 0.304 e. The lowest BCUT2D eigenvalue weighted by atomic mass is 10.1. The van der Waals surface area contributed by atoms with Crippen molar-refractivity contribution >= 4 is 27.7 Å². The normalized spacial score (nSPS) is 12.8. The fourth-order valence-corrected chi connectivity index (χ4v) is 4.75. The third-order valence-corrected chi connectivity index (χ3v) is 7.60. The number of aryl methyl sites for hydroxylation is 3. The van der Waals surface area contributed by atoms with Gasteiger partial charge in [-0.25, -0.2) is 4.31 Å². The zero-order valence-electron chi connectivity index (χ0n) is 22.9. The zero-order valence-corrected chi connectivity index (χ0v) is 23.7. The molecule has 0 spiro atoms. The minimum Gasteiger partial charge on any atom is -0.350 e. The van der Waals surface area contributed by atoms with Crippen LogP contribution in [-0.2, 0) is 26.3 Å². The molecule has 0 saturated carbocycles. The lowest BCUT2D eigenvalue weighted by Gasteiger charge is -2.34. The SMILES string of the molecule is Cc1ccc(CN(C(=O)CN(c2cc(C)ccc2C)S(=O)(=O)N(C)C)C(C)C(=O)NC(C)(C)C)cc1. The molecule has 198 valence electrons. The van der Waals surface area contributed by atoms with Gasteiger partial charge in [-0.1, -0.05) is 42.0 Å². The topological polar surface area (TPSA) is 90.0 Å². The molecule has 0 saturated heterocycles. The average Bonchev–Trinajstić information content (AvgIpc) is 2.76. The first-order valence-corrected chi connectivity index (χ1v) is 13.4. The quantitative estimate of drug-likeness (QED) is 0.552. The summed E-state index contributed by atoms with van der Waals surface area (Å²) in [6.07, 6.45) is 0. The van der Waals surface area contributed by atoms with Crippen LogP contribution in [0.1, 0.15) is 49.9 Å². The first kappa shape index (κ1) is 29.3. The molecule has 0 aliphatic heterocycles. The Hall–Kier alpha value is -2.91. The minimum absolute atomic E-state index is 0.167. The van der Waals surface area contributed by atoms with E-state index in [1.165, 1.54) is 19.0 Å². The van der Waals surface area contributed by atoms with Crippen molar-refractivity contribution in [3.8, 4) is 0 Å². The predicted molar refractivity (Wildman–Crippen MR) is 145 cm³/mol. The molecule has 2 aromatic carbocycles. The fourth-order valence-electron chi connectivity index (χ4n) is 3.64. The van der Waals surface area contributed by atoms with Gasteiger partial charge in [-0.2, -0.15) is 12.7 Å². The lowest BCUT2D eigenvalue weighted by molar-refractivity contribution is -0.140. The van der Waals surface area contributed by atoms with Crippen molar-refractivity contribution in [2.45, 2.75) is 66.6 Å².